The molecular formula is C19H19N3NiO4. The van der Waals surface area contributed by atoms with Crippen LogP contribution in [-0.2, 0) is 27.7 Å². The van der Waals surface area contributed by atoms with Crippen molar-refractivity contribution in [2.75, 3.05) is 6.61 Å². The van der Waals surface area contributed by atoms with Gasteiger partial charge in [-0.3, -0.25) is 4.99 Å². The van der Waals surface area contributed by atoms with Gasteiger partial charge in [-0.05, 0) is 23.3 Å². The predicted molar refractivity (Wildman–Crippen MR) is 94.8 cm³/mol. The fourth-order valence-electron chi connectivity index (χ4n) is 2.37. The molecule has 0 amide bonds. The number of benzene rings is 2. The maximum Gasteiger partial charge on any atom is 2.00 e. The van der Waals surface area contributed by atoms with E-state index in [1.54, 1.807) is 19.1 Å². The van der Waals surface area contributed by atoms with E-state index in [9.17, 15) is 15.0 Å². The van der Waals surface area contributed by atoms with Crippen LogP contribution in [0.25, 0.3) is 10.8 Å². The molecule has 27 heavy (non-hydrogen) atoms. The first-order chi connectivity index (χ1) is 12.6. The van der Waals surface area contributed by atoms with Crippen molar-refractivity contribution in [3.63, 3.8) is 0 Å². The van der Waals surface area contributed by atoms with Crippen LogP contribution in [0.4, 0.5) is 0 Å². The van der Waals surface area contributed by atoms with Crippen molar-refractivity contribution in [1.29, 1.82) is 0 Å². The number of H-pyrrole nitrogens is 1. The first-order valence-electron chi connectivity index (χ1n) is 8.07. The van der Waals surface area contributed by atoms with Crippen molar-refractivity contribution in [3.05, 3.63) is 60.2 Å². The molecular weight excluding hydrogens is 393 g/mol. The van der Waals surface area contributed by atoms with E-state index in [-0.39, 0.29) is 35.3 Å². The van der Waals surface area contributed by atoms with Gasteiger partial charge in [-0.1, -0.05) is 42.1 Å². The Morgan fingerprint density at radius 3 is 2.67 bits per heavy atom. The minimum atomic E-state index is -1.30. The number of carbonyl (C=O) groups excluding carboxylic acids is 1. The summed E-state index contributed by atoms with van der Waals surface area (Å²) in [6.45, 7) is 1.93. The number of aromatic amines is 1. The quantitative estimate of drug-likeness (QED) is 0.464. The Balaban J connectivity index is 0.000000855. The third-order valence-corrected chi connectivity index (χ3v) is 3.55. The van der Waals surface area contributed by atoms with Gasteiger partial charge in [0.25, 0.3) is 0 Å². The van der Waals surface area contributed by atoms with Gasteiger partial charge in [0, 0.05) is 31.1 Å². The van der Waals surface area contributed by atoms with E-state index in [1.807, 2.05) is 18.2 Å². The molecule has 0 fully saturated rings. The van der Waals surface area contributed by atoms with Gasteiger partial charge in [0.05, 0.1) is 18.3 Å². The minimum Gasteiger partial charge on any atom is -0.872 e. The molecule has 1 aromatic heterocycles. The SMILES string of the molecule is CCO.O=C([O-])[C@H](Cc1cnc[nH]1)N=Cc1c([O-])ccc2ccccc12.[Ni+2]. The van der Waals surface area contributed by atoms with E-state index in [2.05, 4.69) is 15.0 Å². The van der Waals surface area contributed by atoms with Gasteiger partial charge in [0.1, 0.15) is 0 Å². The van der Waals surface area contributed by atoms with Crippen LogP contribution in [0.5, 0.6) is 5.75 Å². The average Bonchev–Trinajstić information content (AvgIpc) is 3.13. The van der Waals surface area contributed by atoms with Crippen molar-refractivity contribution < 1.29 is 36.6 Å². The summed E-state index contributed by atoms with van der Waals surface area (Å²) in [6.07, 6.45) is 4.44. The Bertz CT molecular complexity index is 882. The van der Waals surface area contributed by atoms with Crippen LogP contribution in [-0.4, -0.2) is 39.9 Å². The zero-order chi connectivity index (χ0) is 18.9. The third kappa shape index (κ3) is 6.20. The van der Waals surface area contributed by atoms with Crippen LogP contribution in [0.1, 0.15) is 18.2 Å². The van der Waals surface area contributed by atoms with E-state index in [0.29, 0.717) is 11.3 Å². The molecule has 3 rings (SSSR count). The van der Waals surface area contributed by atoms with Crippen molar-refractivity contribution in [3.8, 4) is 5.75 Å². The third-order valence-electron chi connectivity index (χ3n) is 3.55. The Morgan fingerprint density at radius 1 is 1.33 bits per heavy atom. The molecule has 3 aromatic rings. The standard InChI is InChI=1S/C17H15N3O3.C2H6O.Ni/c21-16-6-5-11-3-1-2-4-13(11)14(16)9-19-15(17(22)23)7-12-8-18-10-20-12;1-2-3;/h1-6,8-10,15,21H,7H2,(H,18,20)(H,22,23);3H,2H2,1H3;/q;;+2/p-2/t15-;;/m0../s1. The van der Waals surface area contributed by atoms with E-state index < -0.39 is 12.0 Å². The Morgan fingerprint density at radius 2 is 2.04 bits per heavy atom. The largest absolute Gasteiger partial charge is 2.00 e. The van der Waals surface area contributed by atoms with Gasteiger partial charge < -0.3 is 25.1 Å². The van der Waals surface area contributed by atoms with Gasteiger partial charge in [0.15, 0.2) is 0 Å². The summed E-state index contributed by atoms with van der Waals surface area (Å²) in [5, 5.41) is 32.5. The number of aliphatic carboxylic acids is 1. The molecule has 1 heterocycles. The number of aliphatic hydroxyl groups is 1. The topological polar surface area (TPSA) is 124 Å². The number of imidazole rings is 1. The van der Waals surface area contributed by atoms with Crippen LogP contribution in [0, 0.1) is 0 Å². The Labute approximate surface area is 166 Å². The van der Waals surface area contributed by atoms with E-state index in [1.165, 1.54) is 24.8 Å². The maximum atomic E-state index is 12.1. The number of nitrogens with zero attached hydrogens (tertiary/aromatic N) is 2. The van der Waals surface area contributed by atoms with Gasteiger partial charge >= 0.3 is 16.5 Å². The number of hydrogen-bond donors (Lipinski definition) is 2. The number of aliphatic hydroxyl groups excluding tert-OH is 1. The summed E-state index contributed by atoms with van der Waals surface area (Å²) in [5.74, 6) is -1.50. The molecule has 0 radical (unpaired) electrons. The fourth-order valence-corrected chi connectivity index (χ4v) is 2.37. The van der Waals surface area contributed by atoms with E-state index in [0.717, 1.165) is 10.8 Å². The number of rotatable bonds is 5. The molecule has 7 nitrogen and oxygen atoms in total. The number of carboxylic acid groups (broad SMARTS) is 1. The van der Waals surface area contributed by atoms with Gasteiger partial charge in [-0.15, -0.1) is 0 Å². The summed E-state index contributed by atoms with van der Waals surface area (Å²) in [4.78, 5) is 22.0. The number of carboxylic acids is 1. The van der Waals surface area contributed by atoms with E-state index in [4.69, 9.17) is 5.11 Å². The molecule has 0 spiro atoms. The first-order valence-corrected chi connectivity index (χ1v) is 8.07. The van der Waals surface area contributed by atoms with Crippen LogP contribution in [0.3, 0.4) is 0 Å². The van der Waals surface area contributed by atoms with Gasteiger partial charge in [0.2, 0.25) is 0 Å². The second kappa shape index (κ2) is 11.1. The summed E-state index contributed by atoms with van der Waals surface area (Å²) < 4.78 is 0. The monoisotopic (exact) mass is 411 g/mol. The second-order valence-corrected chi connectivity index (χ2v) is 5.41. The van der Waals surface area contributed by atoms with Gasteiger partial charge in [-0.2, -0.15) is 0 Å². The number of fused-ring (bicyclic) bond motifs is 1. The van der Waals surface area contributed by atoms with Crippen LogP contribution < -0.4 is 10.2 Å². The summed E-state index contributed by atoms with van der Waals surface area (Å²) in [6, 6.07) is 9.47. The molecule has 144 valence electrons. The fraction of sp³-hybridized carbons (Fsp3) is 0.211. The Kier molecular flexibility index (Phi) is 9.19. The molecule has 0 bridgehead atoms. The van der Waals surface area contributed by atoms with Crippen LogP contribution >= 0.6 is 0 Å². The average molecular weight is 412 g/mol. The smallest absolute Gasteiger partial charge is 0.872 e. The molecule has 0 aliphatic rings. The normalized spacial score (nSPS) is 11.5. The maximum absolute atomic E-state index is 12.1. The summed E-state index contributed by atoms with van der Waals surface area (Å²) in [7, 11) is 0. The zero-order valence-corrected chi connectivity index (χ0v) is 15.6. The zero-order valence-electron chi connectivity index (χ0n) is 14.6. The minimum absolute atomic E-state index is 0. The summed E-state index contributed by atoms with van der Waals surface area (Å²) >= 11 is 0. The van der Waals surface area contributed by atoms with Gasteiger partial charge in [-0.25, -0.2) is 4.98 Å². The molecule has 0 aliphatic heterocycles. The molecule has 8 heteroatoms. The molecule has 0 saturated carbocycles. The molecule has 0 saturated heterocycles. The number of aromatic nitrogens is 2. The van der Waals surface area contributed by atoms with E-state index >= 15 is 0 Å². The predicted octanol–water partition coefficient (Wildman–Crippen LogP) is 0.413. The Hall–Kier alpha value is -2.70. The van der Waals surface area contributed by atoms with Crippen molar-refractivity contribution in [2.45, 2.75) is 19.4 Å². The molecule has 2 aromatic carbocycles. The molecule has 2 N–H and O–H groups in total. The molecule has 1 atom stereocenters. The van der Waals surface area contributed by atoms with Crippen LogP contribution in [0.15, 0.2) is 53.9 Å². The first kappa shape index (κ1) is 22.3. The second-order valence-electron chi connectivity index (χ2n) is 5.41. The van der Waals surface area contributed by atoms with Crippen molar-refractivity contribution in [2.24, 2.45) is 4.99 Å². The molecule has 0 aliphatic carbocycles. The van der Waals surface area contributed by atoms with Crippen molar-refractivity contribution in [1.82, 2.24) is 9.97 Å². The number of hydrogen-bond acceptors (Lipinski definition) is 6. The number of carbonyl (C=O) groups is 1. The van der Waals surface area contributed by atoms with Crippen LogP contribution in [0.2, 0.25) is 0 Å². The number of aliphatic imine (C=N–C) groups is 1. The summed E-state index contributed by atoms with van der Waals surface area (Å²) in [5.41, 5.74) is 1.01. The number of nitrogens with one attached hydrogen (secondary N) is 1. The van der Waals surface area contributed by atoms with Crippen molar-refractivity contribution >= 4 is 23.0 Å². The molecule has 0 unspecified atom stereocenters.